The molecular formula is C13H19N3S. The molecule has 2 N–H and O–H groups in total. The van der Waals surface area contributed by atoms with Gasteiger partial charge in [-0.2, -0.15) is 16.4 Å². The van der Waals surface area contributed by atoms with Crippen molar-refractivity contribution in [3.05, 3.63) is 39.3 Å². The molecule has 2 rings (SSSR count). The predicted octanol–water partition coefficient (Wildman–Crippen LogP) is 2.73. The van der Waals surface area contributed by atoms with E-state index in [4.69, 9.17) is 5.73 Å². The minimum atomic E-state index is 0.0867. The largest absolute Gasteiger partial charge is 0.324 e. The van der Waals surface area contributed by atoms with Crippen LogP contribution in [0.15, 0.2) is 16.8 Å². The standard InChI is InChI=1S/C13H19N3S/c1-9-13(10(2)16(3)15-9)12(14)5-4-11-6-7-17-8-11/h6-8,12H,4-5,14H2,1-3H3. The van der Waals surface area contributed by atoms with E-state index in [2.05, 4.69) is 28.8 Å². The second-order valence-electron chi connectivity index (χ2n) is 4.48. The number of thiophene rings is 1. The molecule has 17 heavy (non-hydrogen) atoms. The van der Waals surface area contributed by atoms with E-state index in [-0.39, 0.29) is 6.04 Å². The summed E-state index contributed by atoms with van der Waals surface area (Å²) in [4.78, 5) is 0. The monoisotopic (exact) mass is 249 g/mol. The van der Waals surface area contributed by atoms with Crippen molar-refractivity contribution < 1.29 is 0 Å². The van der Waals surface area contributed by atoms with Gasteiger partial charge in [0.1, 0.15) is 0 Å². The average molecular weight is 249 g/mol. The molecule has 0 saturated heterocycles. The molecule has 92 valence electrons. The first-order valence-corrected chi connectivity index (χ1v) is 6.80. The van der Waals surface area contributed by atoms with Crippen molar-refractivity contribution in [2.45, 2.75) is 32.7 Å². The Bertz CT molecular complexity index is 485. The molecule has 0 saturated carbocycles. The molecule has 0 aliphatic heterocycles. The van der Waals surface area contributed by atoms with Gasteiger partial charge in [0.05, 0.1) is 5.69 Å². The van der Waals surface area contributed by atoms with Crippen molar-refractivity contribution in [2.75, 3.05) is 0 Å². The van der Waals surface area contributed by atoms with Crippen LogP contribution < -0.4 is 5.73 Å². The fourth-order valence-electron chi connectivity index (χ4n) is 2.23. The molecule has 0 aliphatic rings. The van der Waals surface area contributed by atoms with Crippen LogP contribution in [-0.4, -0.2) is 9.78 Å². The van der Waals surface area contributed by atoms with Crippen LogP contribution in [0.25, 0.3) is 0 Å². The van der Waals surface area contributed by atoms with Gasteiger partial charge in [-0.05, 0) is 49.1 Å². The van der Waals surface area contributed by atoms with Crippen molar-refractivity contribution >= 4 is 11.3 Å². The lowest BCUT2D eigenvalue weighted by molar-refractivity contribution is 0.642. The molecule has 0 aliphatic carbocycles. The van der Waals surface area contributed by atoms with Gasteiger partial charge in [-0.15, -0.1) is 0 Å². The Labute approximate surface area is 106 Å². The Morgan fingerprint density at radius 3 is 2.76 bits per heavy atom. The number of aromatic nitrogens is 2. The van der Waals surface area contributed by atoms with Crippen LogP contribution in [0.4, 0.5) is 0 Å². The van der Waals surface area contributed by atoms with E-state index in [0.717, 1.165) is 18.5 Å². The fourth-order valence-corrected chi connectivity index (χ4v) is 2.93. The minimum Gasteiger partial charge on any atom is -0.324 e. The number of aryl methyl sites for hydroxylation is 3. The highest BCUT2D eigenvalue weighted by Gasteiger charge is 2.16. The first-order valence-electron chi connectivity index (χ1n) is 5.86. The lowest BCUT2D eigenvalue weighted by Crippen LogP contribution is -2.13. The van der Waals surface area contributed by atoms with Crippen LogP contribution in [0.3, 0.4) is 0 Å². The van der Waals surface area contributed by atoms with Crippen LogP contribution >= 0.6 is 11.3 Å². The van der Waals surface area contributed by atoms with Crippen molar-refractivity contribution in [2.24, 2.45) is 12.8 Å². The number of nitrogens with zero attached hydrogens (tertiary/aromatic N) is 2. The molecule has 3 nitrogen and oxygen atoms in total. The number of hydrogen-bond donors (Lipinski definition) is 1. The maximum Gasteiger partial charge on any atom is 0.0644 e. The van der Waals surface area contributed by atoms with E-state index < -0.39 is 0 Å². The third-order valence-electron chi connectivity index (χ3n) is 3.26. The highest BCUT2D eigenvalue weighted by atomic mass is 32.1. The Morgan fingerprint density at radius 1 is 1.47 bits per heavy atom. The second-order valence-corrected chi connectivity index (χ2v) is 5.26. The van der Waals surface area contributed by atoms with Crippen LogP contribution in [0.1, 0.15) is 35.0 Å². The molecule has 4 heteroatoms. The van der Waals surface area contributed by atoms with E-state index in [1.54, 1.807) is 11.3 Å². The second kappa shape index (κ2) is 5.02. The Balaban J connectivity index is 2.07. The molecule has 1 unspecified atom stereocenters. The molecule has 0 aromatic carbocycles. The smallest absolute Gasteiger partial charge is 0.0644 e. The van der Waals surface area contributed by atoms with Gasteiger partial charge >= 0.3 is 0 Å². The maximum absolute atomic E-state index is 6.28. The summed E-state index contributed by atoms with van der Waals surface area (Å²) >= 11 is 1.74. The van der Waals surface area contributed by atoms with Crippen LogP contribution in [0.5, 0.6) is 0 Å². The molecule has 0 radical (unpaired) electrons. The highest BCUT2D eigenvalue weighted by molar-refractivity contribution is 7.07. The van der Waals surface area contributed by atoms with Crippen molar-refractivity contribution in [3.8, 4) is 0 Å². The molecule has 2 aromatic rings. The zero-order valence-corrected chi connectivity index (χ0v) is 11.4. The summed E-state index contributed by atoms with van der Waals surface area (Å²) in [6.45, 7) is 4.12. The predicted molar refractivity (Wildman–Crippen MR) is 72.3 cm³/mol. The zero-order valence-electron chi connectivity index (χ0n) is 10.6. The molecule has 1 atom stereocenters. The molecule has 2 aromatic heterocycles. The third-order valence-corrected chi connectivity index (χ3v) is 3.99. The molecule has 0 bridgehead atoms. The molecule has 0 amide bonds. The SMILES string of the molecule is Cc1nn(C)c(C)c1C(N)CCc1ccsc1. The van der Waals surface area contributed by atoms with Gasteiger partial charge in [0.25, 0.3) is 0 Å². The van der Waals surface area contributed by atoms with Crippen LogP contribution in [0.2, 0.25) is 0 Å². The summed E-state index contributed by atoms with van der Waals surface area (Å²) in [6, 6.07) is 2.25. The minimum absolute atomic E-state index is 0.0867. The van der Waals surface area contributed by atoms with E-state index in [0.29, 0.717) is 0 Å². The van der Waals surface area contributed by atoms with Crippen LogP contribution in [0, 0.1) is 13.8 Å². The maximum atomic E-state index is 6.28. The summed E-state index contributed by atoms with van der Waals surface area (Å²) < 4.78 is 1.91. The summed E-state index contributed by atoms with van der Waals surface area (Å²) in [6.07, 6.45) is 2.02. The van der Waals surface area contributed by atoms with Gasteiger partial charge in [0.15, 0.2) is 0 Å². The van der Waals surface area contributed by atoms with E-state index in [1.807, 2.05) is 18.7 Å². The average Bonchev–Trinajstić information content (AvgIpc) is 2.86. The summed E-state index contributed by atoms with van der Waals surface area (Å²) in [7, 11) is 1.97. The highest BCUT2D eigenvalue weighted by Crippen LogP contribution is 2.23. The van der Waals surface area contributed by atoms with E-state index in [1.165, 1.54) is 16.8 Å². The number of hydrogen-bond acceptors (Lipinski definition) is 3. The van der Waals surface area contributed by atoms with E-state index >= 15 is 0 Å². The van der Waals surface area contributed by atoms with Gasteiger partial charge in [-0.1, -0.05) is 0 Å². The first kappa shape index (κ1) is 12.3. The lowest BCUT2D eigenvalue weighted by Gasteiger charge is -2.12. The molecule has 0 spiro atoms. The Morgan fingerprint density at radius 2 is 2.24 bits per heavy atom. The zero-order chi connectivity index (χ0) is 12.4. The fraction of sp³-hybridized carbons (Fsp3) is 0.462. The quantitative estimate of drug-likeness (QED) is 0.905. The molecule has 2 heterocycles. The topological polar surface area (TPSA) is 43.8 Å². The Kier molecular flexibility index (Phi) is 3.64. The van der Waals surface area contributed by atoms with Crippen LogP contribution in [-0.2, 0) is 13.5 Å². The molecule has 0 fully saturated rings. The van der Waals surface area contributed by atoms with E-state index in [9.17, 15) is 0 Å². The van der Waals surface area contributed by atoms with Gasteiger partial charge in [-0.25, -0.2) is 0 Å². The van der Waals surface area contributed by atoms with Gasteiger partial charge in [0.2, 0.25) is 0 Å². The lowest BCUT2D eigenvalue weighted by atomic mass is 9.99. The normalized spacial score (nSPS) is 12.9. The summed E-state index contributed by atoms with van der Waals surface area (Å²) in [5.41, 5.74) is 11.1. The van der Waals surface area contributed by atoms with Gasteiger partial charge < -0.3 is 5.73 Å². The first-order chi connectivity index (χ1) is 8.09. The van der Waals surface area contributed by atoms with Crippen molar-refractivity contribution in [3.63, 3.8) is 0 Å². The van der Waals surface area contributed by atoms with Gasteiger partial charge in [-0.3, -0.25) is 4.68 Å². The summed E-state index contributed by atoms with van der Waals surface area (Å²) in [5, 5.41) is 8.72. The number of nitrogens with two attached hydrogens (primary N) is 1. The molecular weight excluding hydrogens is 230 g/mol. The van der Waals surface area contributed by atoms with Crippen molar-refractivity contribution in [1.29, 1.82) is 0 Å². The number of rotatable bonds is 4. The third kappa shape index (κ3) is 2.58. The van der Waals surface area contributed by atoms with Crippen molar-refractivity contribution in [1.82, 2.24) is 9.78 Å². The Hall–Kier alpha value is -1.13. The summed E-state index contributed by atoms with van der Waals surface area (Å²) in [5.74, 6) is 0. The van der Waals surface area contributed by atoms with Gasteiger partial charge in [0, 0.05) is 24.3 Å².